The van der Waals surface area contributed by atoms with Crippen LogP contribution in [0.15, 0.2) is 58.3 Å². The predicted octanol–water partition coefficient (Wildman–Crippen LogP) is 4.16. The van der Waals surface area contributed by atoms with Gasteiger partial charge in [-0.05, 0) is 32.0 Å². The predicted molar refractivity (Wildman–Crippen MR) is 102 cm³/mol. The molecule has 1 aromatic heterocycles. The Labute approximate surface area is 163 Å². The highest BCUT2D eigenvalue weighted by molar-refractivity contribution is 7.99. The zero-order valence-corrected chi connectivity index (χ0v) is 15.7. The van der Waals surface area contributed by atoms with Crippen molar-refractivity contribution in [2.75, 3.05) is 0 Å². The number of para-hydroxylation sites is 1. The number of nitro groups is 2. The topological polar surface area (TPSA) is 121 Å². The fourth-order valence-corrected chi connectivity index (χ4v) is 3.59. The molecule has 0 bridgehead atoms. The summed E-state index contributed by atoms with van der Waals surface area (Å²) in [6.45, 7) is 3.42. The molecule has 0 amide bonds. The molecule has 0 aliphatic rings. The third-order valence-electron chi connectivity index (χ3n) is 4.02. The lowest BCUT2D eigenvalue weighted by Crippen LogP contribution is -2.16. The smallest absolute Gasteiger partial charge is 0.266 e. The van der Waals surface area contributed by atoms with Gasteiger partial charge in [0.2, 0.25) is 0 Å². The number of hydrogen-bond acceptors (Lipinski definition) is 7. The Morgan fingerprint density at radius 2 is 1.64 bits per heavy atom. The third-order valence-corrected chi connectivity index (χ3v) is 5.32. The molecule has 0 atom stereocenters. The van der Waals surface area contributed by atoms with Crippen LogP contribution < -0.4 is 0 Å². The van der Waals surface area contributed by atoms with Gasteiger partial charge in [0.05, 0.1) is 26.1 Å². The van der Waals surface area contributed by atoms with Gasteiger partial charge in [0, 0.05) is 23.1 Å². The van der Waals surface area contributed by atoms with E-state index in [9.17, 15) is 25.0 Å². The first-order valence-corrected chi connectivity index (χ1v) is 8.88. The van der Waals surface area contributed by atoms with Gasteiger partial charge < -0.3 is 0 Å². The van der Waals surface area contributed by atoms with E-state index < -0.39 is 15.8 Å². The molecule has 0 radical (unpaired) electrons. The minimum absolute atomic E-state index is 0.0138. The molecule has 1 heterocycles. The summed E-state index contributed by atoms with van der Waals surface area (Å²) in [5.41, 5.74) is 0.756. The Kier molecular flexibility index (Phi) is 5.23. The minimum atomic E-state index is -0.606. The van der Waals surface area contributed by atoms with Gasteiger partial charge in [0.15, 0.2) is 0 Å². The number of rotatable bonds is 5. The summed E-state index contributed by atoms with van der Waals surface area (Å²) in [6.07, 6.45) is 0. The second-order valence-corrected chi connectivity index (χ2v) is 6.93. The summed E-state index contributed by atoms with van der Waals surface area (Å²) >= 11 is 1.31. The van der Waals surface area contributed by atoms with Crippen molar-refractivity contribution in [1.82, 2.24) is 9.78 Å². The van der Waals surface area contributed by atoms with Crippen LogP contribution in [-0.4, -0.2) is 25.5 Å². The van der Waals surface area contributed by atoms with Crippen LogP contribution in [-0.2, 0) is 0 Å². The lowest BCUT2D eigenvalue weighted by Gasteiger charge is -2.05. The lowest BCUT2D eigenvalue weighted by molar-refractivity contribution is -0.385. The second kappa shape index (κ2) is 7.61. The zero-order chi connectivity index (χ0) is 20.4. The monoisotopic (exact) mass is 398 g/mol. The number of carbonyl (C=O) groups is 1. The van der Waals surface area contributed by atoms with Crippen LogP contribution in [0.3, 0.4) is 0 Å². The highest BCUT2D eigenvalue weighted by atomic mass is 32.2. The molecule has 2 aromatic carbocycles. The Bertz CT molecular complexity index is 1090. The molecule has 0 aliphatic heterocycles. The normalized spacial score (nSPS) is 10.6. The standard InChI is InChI=1S/C18H14N4O5S/c1-11-17(28-14-9-7-13(8-10-14)21(24)25)12(2)20(19-11)18(23)15-5-3-4-6-16(15)22(26)27/h3-10H,1-2H3. The zero-order valence-electron chi connectivity index (χ0n) is 14.9. The van der Waals surface area contributed by atoms with E-state index in [2.05, 4.69) is 5.10 Å². The van der Waals surface area contributed by atoms with Crippen molar-refractivity contribution >= 4 is 29.0 Å². The number of aryl methyl sites for hydroxylation is 1. The van der Waals surface area contributed by atoms with Crippen molar-refractivity contribution in [2.45, 2.75) is 23.6 Å². The molecule has 0 unspecified atom stereocenters. The second-order valence-electron chi connectivity index (χ2n) is 5.84. The molecule has 0 aliphatic carbocycles. The number of carbonyl (C=O) groups excluding carboxylic acids is 1. The fraction of sp³-hybridized carbons (Fsp3) is 0.111. The van der Waals surface area contributed by atoms with Crippen LogP contribution in [0.2, 0.25) is 0 Å². The molecule has 3 aromatic rings. The van der Waals surface area contributed by atoms with Gasteiger partial charge in [-0.25, -0.2) is 0 Å². The molecule has 142 valence electrons. The Hall–Kier alpha value is -3.53. The van der Waals surface area contributed by atoms with Gasteiger partial charge in [-0.2, -0.15) is 9.78 Å². The SMILES string of the molecule is Cc1nn(C(=O)c2ccccc2[N+](=O)[O-])c(C)c1Sc1ccc([N+](=O)[O-])cc1. The average Bonchev–Trinajstić information content (AvgIpc) is 2.96. The van der Waals surface area contributed by atoms with Crippen molar-refractivity contribution in [3.63, 3.8) is 0 Å². The van der Waals surface area contributed by atoms with Crippen LogP contribution in [0.5, 0.6) is 0 Å². The van der Waals surface area contributed by atoms with Gasteiger partial charge in [0.1, 0.15) is 5.56 Å². The fourth-order valence-electron chi connectivity index (χ4n) is 2.66. The van der Waals surface area contributed by atoms with E-state index in [1.54, 1.807) is 32.0 Å². The maximum atomic E-state index is 12.8. The molecule has 0 saturated carbocycles. The molecular weight excluding hydrogens is 384 g/mol. The summed E-state index contributed by atoms with van der Waals surface area (Å²) in [4.78, 5) is 35.2. The van der Waals surface area contributed by atoms with Crippen LogP contribution in [0.25, 0.3) is 0 Å². The van der Waals surface area contributed by atoms with Gasteiger partial charge in [0.25, 0.3) is 17.3 Å². The van der Waals surface area contributed by atoms with Crippen LogP contribution in [0.4, 0.5) is 11.4 Å². The Morgan fingerprint density at radius 3 is 2.25 bits per heavy atom. The molecule has 10 heteroatoms. The molecule has 9 nitrogen and oxygen atoms in total. The molecule has 0 N–H and O–H groups in total. The Morgan fingerprint density at radius 1 is 1.00 bits per heavy atom. The highest BCUT2D eigenvalue weighted by Crippen LogP contribution is 2.34. The van der Waals surface area contributed by atoms with E-state index in [0.717, 1.165) is 9.58 Å². The van der Waals surface area contributed by atoms with Gasteiger partial charge in [-0.1, -0.05) is 23.9 Å². The number of nitrogens with zero attached hydrogens (tertiary/aromatic N) is 4. The first kappa shape index (κ1) is 19.2. The van der Waals surface area contributed by atoms with Gasteiger partial charge >= 0.3 is 0 Å². The molecule has 3 rings (SSSR count). The van der Waals surface area contributed by atoms with Gasteiger partial charge in [-0.15, -0.1) is 0 Å². The summed E-state index contributed by atoms with van der Waals surface area (Å²) in [7, 11) is 0. The number of non-ortho nitro benzene ring substituents is 1. The first-order valence-electron chi connectivity index (χ1n) is 8.06. The number of hydrogen-bond donors (Lipinski definition) is 0. The van der Waals surface area contributed by atoms with Crippen molar-refractivity contribution in [3.05, 3.63) is 85.7 Å². The van der Waals surface area contributed by atoms with E-state index in [0.29, 0.717) is 16.3 Å². The van der Waals surface area contributed by atoms with Crippen LogP contribution in [0, 0.1) is 34.1 Å². The first-order chi connectivity index (χ1) is 13.3. The van der Waals surface area contributed by atoms with Crippen molar-refractivity contribution in [1.29, 1.82) is 0 Å². The van der Waals surface area contributed by atoms with Crippen molar-refractivity contribution in [3.8, 4) is 0 Å². The number of aromatic nitrogens is 2. The van der Waals surface area contributed by atoms with Crippen molar-refractivity contribution < 1.29 is 14.6 Å². The summed E-state index contributed by atoms with van der Waals surface area (Å²) in [5, 5.41) is 26.2. The highest BCUT2D eigenvalue weighted by Gasteiger charge is 2.24. The van der Waals surface area contributed by atoms with Crippen LogP contribution in [0.1, 0.15) is 21.7 Å². The van der Waals surface area contributed by atoms with E-state index >= 15 is 0 Å². The minimum Gasteiger partial charge on any atom is -0.266 e. The van der Waals surface area contributed by atoms with E-state index in [1.807, 2.05) is 0 Å². The molecule has 0 spiro atoms. The molecule has 28 heavy (non-hydrogen) atoms. The number of benzene rings is 2. The molecule has 0 fully saturated rings. The maximum Gasteiger partial charge on any atom is 0.285 e. The van der Waals surface area contributed by atoms with E-state index in [1.165, 1.54) is 42.1 Å². The van der Waals surface area contributed by atoms with E-state index in [4.69, 9.17) is 0 Å². The summed E-state index contributed by atoms with van der Waals surface area (Å²) in [6, 6.07) is 11.7. The lowest BCUT2D eigenvalue weighted by atomic mass is 10.1. The average molecular weight is 398 g/mol. The molecular formula is C18H14N4O5S. The largest absolute Gasteiger partial charge is 0.285 e. The summed E-state index contributed by atoms with van der Waals surface area (Å²) < 4.78 is 1.14. The Balaban J connectivity index is 1.95. The number of nitro benzene ring substituents is 2. The molecule has 0 saturated heterocycles. The maximum absolute atomic E-state index is 12.8. The summed E-state index contributed by atoms with van der Waals surface area (Å²) in [5.74, 6) is -0.594. The van der Waals surface area contributed by atoms with Crippen molar-refractivity contribution in [2.24, 2.45) is 0 Å². The van der Waals surface area contributed by atoms with Gasteiger partial charge in [-0.3, -0.25) is 25.0 Å². The van der Waals surface area contributed by atoms with Crippen LogP contribution >= 0.6 is 11.8 Å². The third kappa shape index (κ3) is 3.62. The quantitative estimate of drug-likeness (QED) is 0.467. The van der Waals surface area contributed by atoms with E-state index in [-0.39, 0.29) is 16.9 Å².